The molecule has 1 aromatic heterocycles. The largest absolute Gasteiger partial charge is 0.507 e. The minimum atomic E-state index is -0.187. The van der Waals surface area contributed by atoms with Crippen molar-refractivity contribution in [1.82, 2.24) is 0 Å². The van der Waals surface area contributed by atoms with Crippen LogP contribution in [0.1, 0.15) is 113 Å². The molecule has 0 bridgehead atoms. The fraction of sp³-hybridized carbons (Fsp3) is 0.600. The lowest BCUT2D eigenvalue weighted by Crippen LogP contribution is -2.19. The number of phenolic OH excluding ortho intramolecular Hbond substituents is 1. The van der Waals surface area contributed by atoms with Gasteiger partial charge >= 0.3 is 5.97 Å². The SMILES string of the molecule is CCOC(=O)CC(C)(C)CCc1ccc(C(=O)CCc2cc(C(C)(C)C)c(O)c(C(C)(C)C)c2)s1. The maximum Gasteiger partial charge on any atom is 0.306 e. The van der Waals surface area contributed by atoms with E-state index < -0.39 is 0 Å². The van der Waals surface area contributed by atoms with E-state index in [1.165, 1.54) is 4.88 Å². The van der Waals surface area contributed by atoms with Gasteiger partial charge in [-0.25, -0.2) is 0 Å². The van der Waals surface area contributed by atoms with Gasteiger partial charge in [0.1, 0.15) is 5.75 Å². The number of aromatic hydroxyl groups is 1. The summed E-state index contributed by atoms with van der Waals surface area (Å²) >= 11 is 1.56. The van der Waals surface area contributed by atoms with Crippen molar-refractivity contribution in [3.05, 3.63) is 50.7 Å². The molecule has 4 nitrogen and oxygen atoms in total. The third kappa shape index (κ3) is 8.49. The number of aryl methyl sites for hydroxylation is 2. The molecule has 0 saturated carbocycles. The van der Waals surface area contributed by atoms with Gasteiger partial charge in [0.2, 0.25) is 0 Å². The molecule has 0 amide bonds. The maximum atomic E-state index is 13.0. The zero-order chi connectivity index (χ0) is 26.6. The second-order valence-electron chi connectivity index (χ2n) is 12.4. The van der Waals surface area contributed by atoms with Crippen LogP contribution in [-0.2, 0) is 33.2 Å². The van der Waals surface area contributed by atoms with Crippen LogP contribution in [0.25, 0.3) is 0 Å². The first-order chi connectivity index (χ1) is 16.0. The lowest BCUT2D eigenvalue weighted by molar-refractivity contribution is -0.145. The Morgan fingerprint density at radius 1 is 0.914 bits per heavy atom. The predicted molar refractivity (Wildman–Crippen MR) is 146 cm³/mol. The van der Waals surface area contributed by atoms with Crippen molar-refractivity contribution in [3.63, 3.8) is 0 Å². The zero-order valence-electron chi connectivity index (χ0n) is 23.1. The van der Waals surface area contributed by atoms with Gasteiger partial charge in [-0.15, -0.1) is 11.3 Å². The van der Waals surface area contributed by atoms with Crippen LogP contribution in [0.4, 0.5) is 0 Å². The summed E-state index contributed by atoms with van der Waals surface area (Å²) in [7, 11) is 0. The van der Waals surface area contributed by atoms with E-state index in [-0.39, 0.29) is 28.0 Å². The number of hydrogen-bond acceptors (Lipinski definition) is 5. The third-order valence-electron chi connectivity index (χ3n) is 6.34. The van der Waals surface area contributed by atoms with Crippen LogP contribution in [0.3, 0.4) is 0 Å². The highest BCUT2D eigenvalue weighted by Gasteiger charge is 2.27. The minimum Gasteiger partial charge on any atom is -0.507 e. The second-order valence-corrected chi connectivity index (χ2v) is 13.5. The Bertz CT molecular complexity index is 996. The Morgan fingerprint density at radius 3 is 2.00 bits per heavy atom. The Balaban J connectivity index is 2.07. The number of benzene rings is 1. The number of Topliss-reactive ketones (excluding diaryl/α,β-unsaturated/α-hetero) is 1. The predicted octanol–water partition coefficient (Wildman–Crippen LogP) is 7.78. The molecule has 0 aliphatic heterocycles. The lowest BCUT2D eigenvalue weighted by Gasteiger charge is -2.28. The summed E-state index contributed by atoms with van der Waals surface area (Å²) in [6.45, 7) is 19.0. The number of rotatable bonds is 10. The summed E-state index contributed by atoms with van der Waals surface area (Å²) in [5.74, 6) is 0.363. The van der Waals surface area contributed by atoms with Crippen LogP contribution >= 0.6 is 11.3 Å². The summed E-state index contributed by atoms with van der Waals surface area (Å²) in [5.41, 5.74) is 2.42. The molecule has 0 atom stereocenters. The summed E-state index contributed by atoms with van der Waals surface area (Å²) in [4.78, 5) is 26.8. The van der Waals surface area contributed by atoms with Gasteiger partial charge in [-0.05, 0) is 71.3 Å². The number of phenols is 1. The summed E-state index contributed by atoms with van der Waals surface area (Å²) in [6, 6.07) is 8.08. The zero-order valence-corrected chi connectivity index (χ0v) is 23.9. The van der Waals surface area contributed by atoms with E-state index in [4.69, 9.17) is 4.74 Å². The summed E-state index contributed by atoms with van der Waals surface area (Å²) in [6.07, 6.45) is 3.18. The van der Waals surface area contributed by atoms with Crippen molar-refractivity contribution in [2.24, 2.45) is 5.41 Å². The van der Waals surface area contributed by atoms with E-state index in [1.54, 1.807) is 11.3 Å². The molecule has 0 radical (unpaired) electrons. The summed E-state index contributed by atoms with van der Waals surface area (Å²) in [5, 5.41) is 10.9. The highest BCUT2D eigenvalue weighted by atomic mass is 32.1. The molecule has 0 spiro atoms. The molecule has 2 rings (SSSR count). The Labute approximate surface area is 216 Å². The van der Waals surface area contributed by atoms with Gasteiger partial charge in [-0.2, -0.15) is 0 Å². The molecule has 1 aromatic carbocycles. The highest BCUT2D eigenvalue weighted by molar-refractivity contribution is 7.14. The Morgan fingerprint density at radius 2 is 1.49 bits per heavy atom. The number of hydrogen-bond donors (Lipinski definition) is 1. The first-order valence-electron chi connectivity index (χ1n) is 12.7. The fourth-order valence-corrected chi connectivity index (χ4v) is 5.15. The van der Waals surface area contributed by atoms with Gasteiger partial charge in [0.05, 0.1) is 17.9 Å². The smallest absolute Gasteiger partial charge is 0.306 e. The molecule has 0 aliphatic carbocycles. The van der Waals surface area contributed by atoms with Gasteiger partial charge in [0.15, 0.2) is 5.78 Å². The third-order valence-corrected chi connectivity index (χ3v) is 7.53. The lowest BCUT2D eigenvalue weighted by atomic mass is 9.78. The standard InChI is InChI=1S/C30H44O4S/c1-10-34-26(32)19-30(8,9)16-15-21-12-14-25(35-21)24(31)13-11-20-17-22(28(2,3)4)27(33)23(18-20)29(5,6)7/h12,14,17-18,33H,10-11,13,15-16,19H2,1-9H3. The molecule has 35 heavy (non-hydrogen) atoms. The van der Waals surface area contributed by atoms with Crippen LogP contribution in [0, 0.1) is 5.41 Å². The first-order valence-corrected chi connectivity index (χ1v) is 13.5. The van der Waals surface area contributed by atoms with Crippen LogP contribution in [0.2, 0.25) is 0 Å². The number of esters is 1. The van der Waals surface area contributed by atoms with Crippen LogP contribution < -0.4 is 0 Å². The quantitative estimate of drug-likeness (QED) is 0.267. The van der Waals surface area contributed by atoms with Gasteiger partial charge in [-0.1, -0.05) is 67.5 Å². The molecule has 0 aliphatic rings. The maximum absolute atomic E-state index is 13.0. The van der Waals surface area contributed by atoms with E-state index >= 15 is 0 Å². The Kier molecular flexibility index (Phi) is 9.38. The van der Waals surface area contributed by atoms with Crippen LogP contribution in [0.15, 0.2) is 24.3 Å². The van der Waals surface area contributed by atoms with Crippen molar-refractivity contribution in [3.8, 4) is 5.75 Å². The van der Waals surface area contributed by atoms with Crippen LogP contribution in [0.5, 0.6) is 5.75 Å². The normalized spacial score (nSPS) is 12.6. The first kappa shape index (κ1) is 29.1. The van der Waals surface area contributed by atoms with Crippen molar-refractivity contribution in [1.29, 1.82) is 0 Å². The van der Waals surface area contributed by atoms with Crippen molar-refractivity contribution >= 4 is 23.1 Å². The topological polar surface area (TPSA) is 63.6 Å². The number of carbonyl (C=O) groups excluding carboxylic acids is 2. The molecule has 0 saturated heterocycles. The van der Waals surface area contributed by atoms with Gasteiger partial charge < -0.3 is 9.84 Å². The molecule has 1 N–H and O–H groups in total. The van der Waals surface area contributed by atoms with Crippen LogP contribution in [-0.4, -0.2) is 23.5 Å². The van der Waals surface area contributed by atoms with E-state index in [0.717, 1.165) is 34.4 Å². The molecular formula is C30H44O4S. The molecule has 194 valence electrons. The average Bonchev–Trinajstić information content (AvgIpc) is 3.18. The monoisotopic (exact) mass is 500 g/mol. The molecule has 5 heteroatoms. The number of ketones is 1. The van der Waals surface area contributed by atoms with Gasteiger partial charge in [0, 0.05) is 11.3 Å². The van der Waals surface area contributed by atoms with E-state index in [9.17, 15) is 14.7 Å². The van der Waals surface area contributed by atoms with Gasteiger partial charge in [0.25, 0.3) is 0 Å². The number of carbonyl (C=O) groups is 2. The number of thiophene rings is 1. The minimum absolute atomic E-state index is 0.144. The highest BCUT2D eigenvalue weighted by Crippen LogP contribution is 2.40. The molecule has 0 fully saturated rings. The van der Waals surface area contributed by atoms with E-state index in [0.29, 0.717) is 31.6 Å². The van der Waals surface area contributed by atoms with Crippen molar-refractivity contribution in [2.75, 3.05) is 6.61 Å². The average molecular weight is 501 g/mol. The molecule has 0 unspecified atom stereocenters. The number of ether oxygens (including phenoxy) is 1. The second kappa shape index (κ2) is 11.3. The molecular weight excluding hydrogens is 456 g/mol. The van der Waals surface area contributed by atoms with E-state index in [1.807, 2.05) is 19.1 Å². The van der Waals surface area contributed by atoms with E-state index in [2.05, 4.69) is 67.5 Å². The fourth-order valence-electron chi connectivity index (χ4n) is 4.18. The molecule has 2 aromatic rings. The Hall–Kier alpha value is -2.14. The summed E-state index contributed by atoms with van der Waals surface area (Å²) < 4.78 is 5.09. The van der Waals surface area contributed by atoms with Crippen molar-refractivity contribution < 1.29 is 19.4 Å². The molecule has 1 heterocycles. The van der Waals surface area contributed by atoms with Crippen molar-refractivity contribution in [2.45, 2.75) is 105 Å². The van der Waals surface area contributed by atoms with Gasteiger partial charge in [-0.3, -0.25) is 9.59 Å².